The predicted octanol–water partition coefficient (Wildman–Crippen LogP) is 0.878. The molecule has 1 aromatic rings. The summed E-state index contributed by atoms with van der Waals surface area (Å²) in [5, 5.41) is 2.80. The van der Waals surface area contributed by atoms with Crippen LogP contribution >= 0.6 is 0 Å². The molecule has 5 nitrogen and oxygen atoms in total. The van der Waals surface area contributed by atoms with E-state index in [2.05, 4.69) is 10.3 Å². The quantitative estimate of drug-likeness (QED) is 0.889. The van der Waals surface area contributed by atoms with Gasteiger partial charge in [0.2, 0.25) is 5.91 Å². The predicted molar refractivity (Wildman–Crippen MR) is 72.5 cm³/mol. The van der Waals surface area contributed by atoms with Gasteiger partial charge in [0.05, 0.1) is 11.5 Å². The monoisotopic (exact) mass is 282 g/mol. The molecule has 104 valence electrons. The minimum absolute atomic E-state index is 0.0695. The van der Waals surface area contributed by atoms with Gasteiger partial charge in [-0.3, -0.25) is 9.78 Å². The number of hydrogen-bond donors (Lipinski definition) is 1. The van der Waals surface area contributed by atoms with Gasteiger partial charge in [0.1, 0.15) is 0 Å². The Labute approximate surface area is 113 Å². The van der Waals surface area contributed by atoms with E-state index in [-0.39, 0.29) is 29.4 Å². The van der Waals surface area contributed by atoms with Crippen molar-refractivity contribution in [3.63, 3.8) is 0 Å². The smallest absolute Gasteiger partial charge is 0.220 e. The molecule has 0 spiro atoms. The highest BCUT2D eigenvalue weighted by atomic mass is 32.2. The van der Waals surface area contributed by atoms with Crippen molar-refractivity contribution in [2.75, 3.05) is 11.5 Å². The summed E-state index contributed by atoms with van der Waals surface area (Å²) in [5.41, 5.74) is 1.01. The van der Waals surface area contributed by atoms with Crippen LogP contribution in [-0.2, 0) is 14.6 Å². The van der Waals surface area contributed by atoms with Crippen molar-refractivity contribution < 1.29 is 13.2 Å². The third-order valence-corrected chi connectivity index (χ3v) is 5.11. The average molecular weight is 282 g/mol. The minimum atomic E-state index is -2.95. The zero-order valence-electron chi connectivity index (χ0n) is 10.9. The van der Waals surface area contributed by atoms with Crippen molar-refractivity contribution in [2.24, 2.45) is 0 Å². The Bertz CT molecular complexity index is 542. The molecule has 1 aliphatic heterocycles. The molecule has 1 N–H and O–H groups in total. The lowest BCUT2D eigenvalue weighted by atomic mass is 9.99. The second-order valence-corrected chi connectivity index (χ2v) is 7.29. The molecule has 0 radical (unpaired) electrons. The van der Waals surface area contributed by atoms with Gasteiger partial charge in [-0.2, -0.15) is 0 Å². The maximum atomic E-state index is 11.9. The van der Waals surface area contributed by atoms with Crippen LogP contribution in [0.4, 0.5) is 0 Å². The van der Waals surface area contributed by atoms with Gasteiger partial charge in [0.15, 0.2) is 9.84 Å². The van der Waals surface area contributed by atoms with Gasteiger partial charge >= 0.3 is 0 Å². The molecule has 19 heavy (non-hydrogen) atoms. The average Bonchev–Trinajstić information content (AvgIpc) is 2.69. The van der Waals surface area contributed by atoms with E-state index in [1.165, 1.54) is 0 Å². The summed E-state index contributed by atoms with van der Waals surface area (Å²) < 4.78 is 22.6. The first kappa shape index (κ1) is 14.0. The summed E-state index contributed by atoms with van der Waals surface area (Å²) in [6.07, 6.45) is 4.31. The number of aromatic nitrogens is 1. The Morgan fingerprint density at radius 2 is 2.37 bits per heavy atom. The third kappa shape index (κ3) is 4.02. The first-order valence-corrected chi connectivity index (χ1v) is 8.18. The molecular weight excluding hydrogens is 264 g/mol. The Balaban J connectivity index is 1.85. The summed E-state index contributed by atoms with van der Waals surface area (Å²) in [4.78, 5) is 15.9. The first-order chi connectivity index (χ1) is 8.96. The molecule has 1 aliphatic rings. The van der Waals surface area contributed by atoms with Gasteiger partial charge in [-0.25, -0.2) is 8.42 Å². The van der Waals surface area contributed by atoms with Crippen LogP contribution in [0.15, 0.2) is 24.5 Å². The van der Waals surface area contributed by atoms with Gasteiger partial charge in [0, 0.05) is 24.9 Å². The van der Waals surface area contributed by atoms with E-state index in [9.17, 15) is 13.2 Å². The molecule has 0 saturated carbocycles. The Morgan fingerprint density at radius 3 is 2.95 bits per heavy atom. The number of nitrogens with one attached hydrogen (secondary N) is 1. The van der Waals surface area contributed by atoms with Crippen molar-refractivity contribution in [1.29, 1.82) is 0 Å². The summed E-state index contributed by atoms with van der Waals surface area (Å²) in [6, 6.07) is 3.55. The lowest BCUT2D eigenvalue weighted by Gasteiger charge is -2.14. The molecular formula is C13H18N2O3S. The Kier molecular flexibility index (Phi) is 4.19. The van der Waals surface area contributed by atoms with Crippen LogP contribution < -0.4 is 5.32 Å². The molecule has 2 rings (SSSR count). The minimum Gasteiger partial charge on any atom is -0.352 e. The normalized spacial score (nSPS) is 22.9. The molecule has 2 unspecified atom stereocenters. The number of sulfone groups is 1. The zero-order chi connectivity index (χ0) is 13.9. The molecule has 2 atom stereocenters. The van der Waals surface area contributed by atoms with Gasteiger partial charge in [0.25, 0.3) is 0 Å². The number of nitrogens with zero attached hydrogens (tertiary/aromatic N) is 1. The molecule has 1 saturated heterocycles. The molecule has 2 heterocycles. The van der Waals surface area contributed by atoms with E-state index in [0.717, 1.165) is 5.56 Å². The van der Waals surface area contributed by atoms with Gasteiger partial charge < -0.3 is 5.32 Å². The van der Waals surface area contributed by atoms with Gasteiger partial charge in [-0.1, -0.05) is 13.0 Å². The number of carbonyl (C=O) groups excluding carboxylic acids is 1. The standard InChI is InChI=1S/C13H18N2O3S/c1-10(11-3-2-5-14-8-11)7-13(16)15-12-4-6-19(17,18)9-12/h2-3,5,8,10,12H,4,6-7,9H2,1H3,(H,15,16). The highest BCUT2D eigenvalue weighted by molar-refractivity contribution is 7.91. The molecule has 0 bridgehead atoms. The topological polar surface area (TPSA) is 76.1 Å². The Hall–Kier alpha value is -1.43. The largest absolute Gasteiger partial charge is 0.352 e. The van der Waals surface area contributed by atoms with Gasteiger partial charge in [-0.05, 0) is 24.0 Å². The van der Waals surface area contributed by atoms with Crippen LogP contribution in [0.25, 0.3) is 0 Å². The van der Waals surface area contributed by atoms with E-state index >= 15 is 0 Å². The van der Waals surface area contributed by atoms with Gasteiger partial charge in [-0.15, -0.1) is 0 Å². The van der Waals surface area contributed by atoms with Crippen LogP contribution in [0.3, 0.4) is 0 Å². The van der Waals surface area contributed by atoms with Crippen molar-refractivity contribution in [2.45, 2.75) is 31.7 Å². The fourth-order valence-electron chi connectivity index (χ4n) is 2.26. The van der Waals surface area contributed by atoms with Crippen LogP contribution in [0, 0.1) is 0 Å². The Morgan fingerprint density at radius 1 is 1.58 bits per heavy atom. The number of carbonyl (C=O) groups is 1. The molecule has 6 heteroatoms. The lowest BCUT2D eigenvalue weighted by Crippen LogP contribution is -2.36. The maximum absolute atomic E-state index is 11.9. The molecule has 0 aliphatic carbocycles. The lowest BCUT2D eigenvalue weighted by molar-refractivity contribution is -0.121. The molecule has 1 aromatic heterocycles. The van der Waals surface area contributed by atoms with E-state index in [1.54, 1.807) is 12.4 Å². The van der Waals surface area contributed by atoms with E-state index in [1.807, 2.05) is 19.1 Å². The van der Waals surface area contributed by atoms with Crippen LogP contribution in [-0.4, -0.2) is 36.9 Å². The second-order valence-electron chi connectivity index (χ2n) is 5.06. The molecule has 0 aromatic carbocycles. The van der Waals surface area contributed by atoms with E-state index in [4.69, 9.17) is 0 Å². The number of amides is 1. The van der Waals surface area contributed by atoms with E-state index in [0.29, 0.717) is 12.8 Å². The second kappa shape index (κ2) is 5.69. The molecule has 1 fully saturated rings. The van der Waals surface area contributed by atoms with Crippen molar-refractivity contribution in [3.8, 4) is 0 Å². The summed E-state index contributed by atoms with van der Waals surface area (Å²) >= 11 is 0. The highest BCUT2D eigenvalue weighted by Crippen LogP contribution is 2.18. The van der Waals surface area contributed by atoms with Crippen LogP contribution in [0.1, 0.15) is 31.2 Å². The highest BCUT2D eigenvalue weighted by Gasteiger charge is 2.29. The third-order valence-electron chi connectivity index (χ3n) is 3.34. The SMILES string of the molecule is CC(CC(=O)NC1CCS(=O)(=O)C1)c1cccnc1. The number of rotatable bonds is 4. The van der Waals surface area contributed by atoms with Crippen molar-refractivity contribution in [3.05, 3.63) is 30.1 Å². The molecule has 1 amide bonds. The maximum Gasteiger partial charge on any atom is 0.220 e. The summed E-state index contributed by atoms with van der Waals surface area (Å²) in [6.45, 7) is 1.96. The summed E-state index contributed by atoms with van der Waals surface area (Å²) in [7, 11) is -2.95. The number of hydrogen-bond acceptors (Lipinski definition) is 4. The number of pyridine rings is 1. The van der Waals surface area contributed by atoms with Crippen LogP contribution in [0.5, 0.6) is 0 Å². The zero-order valence-corrected chi connectivity index (χ0v) is 11.7. The first-order valence-electron chi connectivity index (χ1n) is 6.36. The summed E-state index contributed by atoms with van der Waals surface area (Å²) in [5.74, 6) is 0.223. The fraction of sp³-hybridized carbons (Fsp3) is 0.538. The fourth-order valence-corrected chi connectivity index (χ4v) is 3.93. The van der Waals surface area contributed by atoms with Crippen molar-refractivity contribution >= 4 is 15.7 Å². The van der Waals surface area contributed by atoms with E-state index < -0.39 is 9.84 Å². The van der Waals surface area contributed by atoms with Crippen LogP contribution in [0.2, 0.25) is 0 Å². The van der Waals surface area contributed by atoms with Crippen molar-refractivity contribution in [1.82, 2.24) is 10.3 Å².